The van der Waals surface area contributed by atoms with Gasteiger partial charge in [0.2, 0.25) is 0 Å². The third-order valence-corrected chi connectivity index (χ3v) is 5.41. The zero-order valence-electron chi connectivity index (χ0n) is 14.4. The van der Waals surface area contributed by atoms with Gasteiger partial charge in [0, 0.05) is 47.2 Å². The molecule has 8 nitrogen and oxygen atoms in total. The van der Waals surface area contributed by atoms with Crippen LogP contribution in [0.5, 0.6) is 0 Å². The molecule has 0 bridgehead atoms. The lowest BCUT2D eigenvalue weighted by molar-refractivity contribution is -0.384. The van der Waals surface area contributed by atoms with Crippen LogP contribution in [0.1, 0.15) is 19.9 Å². The first kappa shape index (κ1) is 16.4. The Kier molecular flexibility index (Phi) is 3.80. The van der Waals surface area contributed by atoms with Crippen LogP contribution >= 0.6 is 11.3 Å². The predicted octanol–water partition coefficient (Wildman–Crippen LogP) is 4.05. The highest BCUT2D eigenvalue weighted by molar-refractivity contribution is 7.18. The molecule has 4 aromatic rings. The fraction of sp³-hybridized carbons (Fsp3) is 0.235. The molecular formula is C17H16N6O2S. The summed E-state index contributed by atoms with van der Waals surface area (Å²) in [5.41, 5.74) is 2.01. The normalized spacial score (nSPS) is 11.5. The monoisotopic (exact) mass is 368 g/mol. The third-order valence-electron chi connectivity index (χ3n) is 4.30. The van der Waals surface area contributed by atoms with Gasteiger partial charge in [0.1, 0.15) is 0 Å². The number of benzene rings is 1. The number of nitro benzene ring substituents is 1. The summed E-state index contributed by atoms with van der Waals surface area (Å²) in [6.45, 7) is 4.13. The van der Waals surface area contributed by atoms with E-state index in [0.29, 0.717) is 5.82 Å². The van der Waals surface area contributed by atoms with Crippen LogP contribution in [-0.2, 0) is 7.05 Å². The van der Waals surface area contributed by atoms with Gasteiger partial charge in [-0.05, 0) is 42.5 Å². The van der Waals surface area contributed by atoms with Gasteiger partial charge in [0.05, 0.1) is 15.3 Å². The van der Waals surface area contributed by atoms with E-state index in [-0.39, 0.29) is 16.7 Å². The van der Waals surface area contributed by atoms with Crippen molar-refractivity contribution in [2.24, 2.45) is 7.05 Å². The Balaban J connectivity index is 1.88. The van der Waals surface area contributed by atoms with Crippen molar-refractivity contribution in [1.82, 2.24) is 24.8 Å². The zero-order valence-corrected chi connectivity index (χ0v) is 15.3. The predicted molar refractivity (Wildman–Crippen MR) is 100 cm³/mol. The molecule has 0 saturated heterocycles. The van der Waals surface area contributed by atoms with Crippen molar-refractivity contribution >= 4 is 27.9 Å². The molecule has 0 radical (unpaired) electrons. The summed E-state index contributed by atoms with van der Waals surface area (Å²) in [5.74, 6) is 0.712. The Bertz CT molecular complexity index is 1120. The van der Waals surface area contributed by atoms with Gasteiger partial charge in [-0.15, -0.1) is 16.4 Å². The van der Waals surface area contributed by atoms with Gasteiger partial charge >= 0.3 is 0 Å². The fourth-order valence-electron chi connectivity index (χ4n) is 3.02. The lowest BCUT2D eigenvalue weighted by Crippen LogP contribution is -1.98. The van der Waals surface area contributed by atoms with Crippen LogP contribution in [0.2, 0.25) is 0 Å². The molecule has 0 aliphatic carbocycles. The maximum atomic E-state index is 11.1. The molecule has 0 atom stereocenters. The van der Waals surface area contributed by atoms with Gasteiger partial charge in [-0.25, -0.2) is 4.68 Å². The summed E-state index contributed by atoms with van der Waals surface area (Å²) in [6.07, 6.45) is 2.06. The van der Waals surface area contributed by atoms with Crippen LogP contribution in [-0.4, -0.2) is 29.7 Å². The van der Waals surface area contributed by atoms with Crippen molar-refractivity contribution < 1.29 is 4.92 Å². The first-order valence-corrected chi connectivity index (χ1v) is 8.89. The average molecular weight is 368 g/mol. The first-order valence-electron chi connectivity index (χ1n) is 8.07. The van der Waals surface area contributed by atoms with Gasteiger partial charge in [0.15, 0.2) is 5.82 Å². The molecule has 1 aromatic carbocycles. The minimum Gasteiger partial charge on any atom is -0.344 e. The molecule has 0 aliphatic rings. The van der Waals surface area contributed by atoms with E-state index in [0.717, 1.165) is 26.2 Å². The molecule has 3 heterocycles. The van der Waals surface area contributed by atoms with Crippen LogP contribution in [0.15, 0.2) is 36.5 Å². The molecule has 0 aliphatic heterocycles. The molecule has 0 unspecified atom stereocenters. The summed E-state index contributed by atoms with van der Waals surface area (Å²) in [6, 6.07) is 9.24. The van der Waals surface area contributed by atoms with E-state index in [1.54, 1.807) is 35.2 Å². The van der Waals surface area contributed by atoms with Gasteiger partial charge < -0.3 is 4.57 Å². The number of thiophene rings is 1. The first-order chi connectivity index (χ1) is 12.5. The molecule has 0 spiro atoms. The Morgan fingerprint density at radius 3 is 2.62 bits per heavy atom. The highest BCUT2D eigenvalue weighted by Crippen LogP contribution is 2.39. The lowest BCUT2D eigenvalue weighted by atomic mass is 10.1. The maximum absolute atomic E-state index is 11.1. The van der Waals surface area contributed by atoms with Crippen molar-refractivity contribution in [2.45, 2.75) is 19.9 Å². The fourth-order valence-corrected chi connectivity index (χ4v) is 4.06. The Morgan fingerprint density at radius 1 is 1.19 bits per heavy atom. The number of aromatic nitrogens is 5. The van der Waals surface area contributed by atoms with E-state index >= 15 is 0 Å². The summed E-state index contributed by atoms with van der Waals surface area (Å²) in [7, 11) is 1.80. The highest BCUT2D eigenvalue weighted by Gasteiger charge is 2.18. The number of tetrazole rings is 1. The standard InChI is InChI=1S/C17H16N6O2S/c1-10(2)22-9-13(12-5-4-11(23(24)25)8-14(12)22)15-6-7-16(26-15)17-18-19-20-21(17)3/h4-10H,1-3H3. The summed E-state index contributed by atoms with van der Waals surface area (Å²) in [4.78, 5) is 12.8. The van der Waals surface area contributed by atoms with Gasteiger partial charge in [0.25, 0.3) is 5.69 Å². The minimum atomic E-state index is -0.360. The zero-order chi connectivity index (χ0) is 18.4. The summed E-state index contributed by atoms with van der Waals surface area (Å²) >= 11 is 1.60. The Morgan fingerprint density at radius 2 is 1.96 bits per heavy atom. The van der Waals surface area contributed by atoms with Crippen LogP contribution in [0, 0.1) is 10.1 Å². The average Bonchev–Trinajstić information content (AvgIpc) is 3.30. The molecule has 0 saturated carbocycles. The van der Waals surface area contributed by atoms with E-state index in [4.69, 9.17) is 0 Å². The SMILES string of the molecule is CC(C)n1cc(-c2ccc(-c3nnnn3C)s2)c2ccc([N+](=O)[O-])cc21. The van der Waals surface area contributed by atoms with Crippen molar-refractivity contribution in [2.75, 3.05) is 0 Å². The largest absolute Gasteiger partial charge is 0.344 e. The molecule has 3 aromatic heterocycles. The molecule has 0 fully saturated rings. The number of nitrogens with zero attached hydrogens (tertiary/aromatic N) is 6. The van der Waals surface area contributed by atoms with Crippen molar-refractivity contribution in [3.8, 4) is 21.1 Å². The molecular weight excluding hydrogens is 352 g/mol. The summed E-state index contributed by atoms with van der Waals surface area (Å²) < 4.78 is 3.71. The number of fused-ring (bicyclic) bond motifs is 1. The number of nitro groups is 1. The van der Waals surface area contributed by atoms with E-state index in [9.17, 15) is 10.1 Å². The summed E-state index contributed by atoms with van der Waals surface area (Å²) in [5, 5.41) is 23.8. The van der Waals surface area contributed by atoms with Crippen molar-refractivity contribution in [1.29, 1.82) is 0 Å². The van der Waals surface area contributed by atoms with Crippen LogP contribution in [0.3, 0.4) is 0 Å². The third kappa shape index (κ3) is 2.57. The second-order valence-corrected chi connectivity index (χ2v) is 7.38. The quantitative estimate of drug-likeness (QED) is 0.400. The Labute approximate surface area is 152 Å². The molecule has 4 rings (SSSR count). The van der Waals surface area contributed by atoms with Gasteiger partial charge in [-0.1, -0.05) is 0 Å². The van der Waals surface area contributed by atoms with Crippen LogP contribution in [0.25, 0.3) is 32.0 Å². The smallest absolute Gasteiger partial charge is 0.271 e. The second kappa shape index (κ2) is 6.03. The molecule has 132 valence electrons. The van der Waals surface area contributed by atoms with E-state index in [2.05, 4.69) is 40.1 Å². The maximum Gasteiger partial charge on any atom is 0.271 e. The highest BCUT2D eigenvalue weighted by atomic mass is 32.1. The van der Waals surface area contributed by atoms with E-state index < -0.39 is 0 Å². The number of rotatable bonds is 4. The molecule has 0 N–H and O–H groups in total. The topological polar surface area (TPSA) is 91.7 Å². The molecule has 9 heteroatoms. The molecule has 26 heavy (non-hydrogen) atoms. The number of hydrogen-bond acceptors (Lipinski definition) is 6. The van der Waals surface area contributed by atoms with Crippen molar-refractivity contribution in [3.63, 3.8) is 0 Å². The second-order valence-electron chi connectivity index (χ2n) is 6.29. The Hall–Kier alpha value is -3.07. The number of non-ortho nitro benzene ring substituents is 1. The van der Waals surface area contributed by atoms with Crippen LogP contribution < -0.4 is 0 Å². The lowest BCUT2D eigenvalue weighted by Gasteiger charge is -2.08. The van der Waals surface area contributed by atoms with Crippen LogP contribution in [0.4, 0.5) is 5.69 Å². The molecule has 0 amide bonds. The van der Waals surface area contributed by atoms with Gasteiger partial charge in [-0.2, -0.15) is 0 Å². The number of aryl methyl sites for hydroxylation is 1. The minimum absolute atomic E-state index is 0.0982. The number of hydrogen-bond donors (Lipinski definition) is 0. The van der Waals surface area contributed by atoms with Crippen molar-refractivity contribution in [3.05, 3.63) is 46.6 Å². The van der Waals surface area contributed by atoms with E-state index in [1.807, 2.05) is 18.2 Å². The van der Waals surface area contributed by atoms with E-state index in [1.165, 1.54) is 0 Å². The van der Waals surface area contributed by atoms with Gasteiger partial charge in [-0.3, -0.25) is 10.1 Å².